The van der Waals surface area contributed by atoms with Gasteiger partial charge in [0.05, 0.1) is 5.60 Å². The van der Waals surface area contributed by atoms with Crippen LogP contribution in [0.5, 0.6) is 11.5 Å². The molecule has 8 rings (SSSR count). The molecule has 0 aromatic heterocycles. The van der Waals surface area contributed by atoms with E-state index in [2.05, 4.69) is 31.7 Å². The molecule has 0 radical (unpaired) electrons. The van der Waals surface area contributed by atoms with Crippen molar-refractivity contribution in [2.75, 3.05) is 20.2 Å². The average Bonchev–Trinajstić information content (AvgIpc) is 3.53. The smallest absolute Gasteiger partial charge is 0.165 e. The van der Waals surface area contributed by atoms with E-state index in [1.807, 2.05) is 20.1 Å². The van der Waals surface area contributed by atoms with Crippen LogP contribution in [0.15, 0.2) is 12.1 Å². The normalized spacial score (nSPS) is 43.9. The Morgan fingerprint density at radius 1 is 1.15 bits per heavy atom. The lowest BCUT2D eigenvalue weighted by molar-refractivity contribution is -0.312. The molecule has 0 amide bonds. The topological polar surface area (TPSA) is 62.2 Å². The first-order valence-electron chi connectivity index (χ1n) is 13.6. The SMILES string of the molecule is CO[C@@]12CC[C@]3(CC1[C@](C)(O)C(C)(C)C)[C@H]1Cc4ccc(O)c5c4[C@@]3(CCN1CC1CC1)[C@@H]2O5. The van der Waals surface area contributed by atoms with Crippen LogP contribution in [0.2, 0.25) is 0 Å². The number of ether oxygens (including phenoxy) is 2. The summed E-state index contributed by atoms with van der Waals surface area (Å²) in [4.78, 5) is 2.82. The molecule has 5 fully saturated rings. The first kappa shape index (κ1) is 21.9. The highest BCUT2D eigenvalue weighted by molar-refractivity contribution is 5.63. The summed E-state index contributed by atoms with van der Waals surface area (Å²) in [7, 11) is 1.83. The van der Waals surface area contributed by atoms with Crippen LogP contribution < -0.4 is 4.74 Å². The van der Waals surface area contributed by atoms with Crippen LogP contribution in [0.25, 0.3) is 0 Å². The van der Waals surface area contributed by atoms with E-state index in [1.54, 1.807) is 0 Å². The molecule has 7 aliphatic rings. The molecular weight excluding hydrogens is 426 g/mol. The molecule has 2 aliphatic heterocycles. The maximum absolute atomic E-state index is 12.2. The number of piperidine rings is 1. The minimum atomic E-state index is -0.909. The maximum Gasteiger partial charge on any atom is 0.165 e. The standard InChI is InChI=1S/C29H41NO4/c1-25(2,3)26(4,32)20-15-27-10-11-29(20,33-5)24-28(27)12-13-30(16-17-6-7-17)21(27)14-18-8-9-19(31)23(34-24)22(18)28/h8-9,17,20-21,24,31-32H,6-7,10-16H2,1-5H3/t20?,21-,24+,26+,27+,28+,29+/m1/s1. The molecule has 1 saturated heterocycles. The summed E-state index contributed by atoms with van der Waals surface area (Å²) in [6.45, 7) is 10.8. The number of phenols is 1. The minimum Gasteiger partial charge on any atom is -0.504 e. The fraction of sp³-hybridized carbons (Fsp3) is 0.793. The predicted octanol–water partition coefficient (Wildman–Crippen LogP) is 4.41. The molecule has 5 aliphatic carbocycles. The van der Waals surface area contributed by atoms with Crippen molar-refractivity contribution in [1.82, 2.24) is 4.90 Å². The van der Waals surface area contributed by atoms with E-state index in [-0.39, 0.29) is 34.0 Å². The molecular formula is C29H41NO4. The zero-order valence-electron chi connectivity index (χ0n) is 21.5. The molecule has 7 atom stereocenters. The van der Waals surface area contributed by atoms with Crippen LogP contribution in [0, 0.1) is 22.7 Å². The number of methoxy groups -OCH3 is 1. The average molecular weight is 468 g/mol. The third-order valence-electron chi connectivity index (χ3n) is 11.9. The highest BCUT2D eigenvalue weighted by Crippen LogP contribution is 2.78. The Bertz CT molecular complexity index is 1060. The number of nitrogens with zero attached hydrogens (tertiary/aromatic N) is 1. The van der Waals surface area contributed by atoms with E-state index in [4.69, 9.17) is 9.47 Å². The van der Waals surface area contributed by atoms with Gasteiger partial charge in [-0.15, -0.1) is 0 Å². The van der Waals surface area contributed by atoms with Crippen molar-refractivity contribution in [3.63, 3.8) is 0 Å². The van der Waals surface area contributed by atoms with E-state index in [0.717, 1.165) is 44.6 Å². The van der Waals surface area contributed by atoms with Crippen LogP contribution in [0.1, 0.15) is 77.3 Å². The maximum atomic E-state index is 12.2. The van der Waals surface area contributed by atoms with Gasteiger partial charge in [-0.05, 0) is 81.4 Å². The first-order valence-corrected chi connectivity index (χ1v) is 13.6. The second-order valence-electron chi connectivity index (χ2n) is 13.8. The molecule has 4 saturated carbocycles. The summed E-state index contributed by atoms with van der Waals surface area (Å²) >= 11 is 0. The monoisotopic (exact) mass is 467 g/mol. The van der Waals surface area contributed by atoms with Crippen molar-refractivity contribution in [2.45, 2.75) is 101 Å². The molecule has 5 nitrogen and oxygen atoms in total. The van der Waals surface area contributed by atoms with E-state index in [1.165, 1.54) is 30.5 Å². The Morgan fingerprint density at radius 2 is 1.91 bits per heavy atom. The summed E-state index contributed by atoms with van der Waals surface area (Å²) < 4.78 is 13.5. The van der Waals surface area contributed by atoms with Gasteiger partial charge in [0.2, 0.25) is 0 Å². The highest BCUT2D eigenvalue weighted by atomic mass is 16.6. The number of aromatic hydroxyl groups is 1. The van der Waals surface area contributed by atoms with Crippen LogP contribution in [-0.2, 0) is 16.6 Å². The number of rotatable bonds is 4. The number of likely N-dealkylation sites (tertiary alicyclic amines) is 1. The Balaban J connectivity index is 1.47. The molecule has 34 heavy (non-hydrogen) atoms. The summed E-state index contributed by atoms with van der Waals surface area (Å²) in [5.41, 5.74) is 0.783. The molecule has 1 aromatic carbocycles. The molecule has 2 heterocycles. The molecule has 2 spiro atoms. The molecule has 1 unspecified atom stereocenters. The number of aliphatic hydroxyl groups is 1. The minimum absolute atomic E-state index is 0.0294. The number of hydrogen-bond acceptors (Lipinski definition) is 5. The number of hydrogen-bond donors (Lipinski definition) is 2. The Kier molecular flexibility index (Phi) is 4.08. The van der Waals surface area contributed by atoms with Crippen molar-refractivity contribution in [1.29, 1.82) is 0 Å². The summed E-state index contributed by atoms with van der Waals surface area (Å²) in [6.07, 6.45) is 7.64. The predicted molar refractivity (Wildman–Crippen MR) is 130 cm³/mol. The lowest BCUT2D eigenvalue weighted by Gasteiger charge is -2.75. The third kappa shape index (κ3) is 2.25. The van der Waals surface area contributed by atoms with Gasteiger partial charge >= 0.3 is 0 Å². The fourth-order valence-electron chi connectivity index (χ4n) is 9.58. The van der Waals surface area contributed by atoms with Gasteiger partial charge in [0.15, 0.2) is 11.5 Å². The Morgan fingerprint density at radius 3 is 2.59 bits per heavy atom. The number of phenolic OH excluding ortho intramolecular Hbond substituents is 1. The van der Waals surface area contributed by atoms with Gasteiger partial charge in [-0.3, -0.25) is 4.90 Å². The zero-order chi connectivity index (χ0) is 23.9. The van der Waals surface area contributed by atoms with Crippen molar-refractivity contribution < 1.29 is 19.7 Å². The highest BCUT2D eigenvalue weighted by Gasteiger charge is 2.82. The third-order valence-corrected chi connectivity index (χ3v) is 11.9. The van der Waals surface area contributed by atoms with E-state index >= 15 is 0 Å². The van der Waals surface area contributed by atoms with Crippen LogP contribution in [-0.4, -0.2) is 58.7 Å². The molecule has 2 N–H and O–H groups in total. The summed E-state index contributed by atoms with van der Waals surface area (Å²) in [5, 5.41) is 23.2. The summed E-state index contributed by atoms with van der Waals surface area (Å²) in [5.74, 6) is 1.80. The van der Waals surface area contributed by atoms with E-state index in [9.17, 15) is 10.2 Å². The lowest BCUT2D eigenvalue weighted by Crippen LogP contribution is -2.83. The van der Waals surface area contributed by atoms with E-state index < -0.39 is 11.2 Å². The summed E-state index contributed by atoms with van der Waals surface area (Å²) in [6, 6.07) is 4.46. The largest absolute Gasteiger partial charge is 0.504 e. The Hall–Kier alpha value is -1.30. The van der Waals surface area contributed by atoms with Gasteiger partial charge in [0.25, 0.3) is 0 Å². The molecule has 1 aromatic rings. The molecule has 5 heteroatoms. The van der Waals surface area contributed by atoms with Crippen LogP contribution in [0.4, 0.5) is 0 Å². The van der Waals surface area contributed by atoms with Crippen LogP contribution >= 0.6 is 0 Å². The lowest BCUT2D eigenvalue weighted by atomic mass is 9.33. The first-order chi connectivity index (χ1) is 16.0. The second-order valence-corrected chi connectivity index (χ2v) is 13.8. The quantitative estimate of drug-likeness (QED) is 0.687. The Labute approximate surface area is 203 Å². The van der Waals surface area contributed by atoms with Crippen molar-refractivity contribution in [2.24, 2.45) is 22.7 Å². The fourth-order valence-corrected chi connectivity index (χ4v) is 9.58. The van der Waals surface area contributed by atoms with Gasteiger partial charge < -0.3 is 19.7 Å². The van der Waals surface area contributed by atoms with Gasteiger partial charge in [-0.2, -0.15) is 0 Å². The van der Waals surface area contributed by atoms with Gasteiger partial charge in [0, 0.05) is 42.0 Å². The second kappa shape index (κ2) is 6.33. The molecule has 186 valence electrons. The van der Waals surface area contributed by atoms with Gasteiger partial charge in [-0.1, -0.05) is 26.8 Å². The van der Waals surface area contributed by atoms with Gasteiger partial charge in [-0.25, -0.2) is 0 Å². The zero-order valence-corrected chi connectivity index (χ0v) is 21.5. The van der Waals surface area contributed by atoms with Crippen molar-refractivity contribution in [3.8, 4) is 11.5 Å². The molecule has 4 bridgehead atoms. The van der Waals surface area contributed by atoms with Gasteiger partial charge in [0.1, 0.15) is 11.7 Å². The van der Waals surface area contributed by atoms with Crippen molar-refractivity contribution in [3.05, 3.63) is 23.3 Å². The van der Waals surface area contributed by atoms with Crippen LogP contribution in [0.3, 0.4) is 0 Å². The van der Waals surface area contributed by atoms with Crippen molar-refractivity contribution >= 4 is 0 Å². The van der Waals surface area contributed by atoms with E-state index in [0.29, 0.717) is 11.8 Å². The number of benzene rings is 1. The number of fused-ring (bicyclic) bond motifs is 2.